The zero-order chi connectivity index (χ0) is 23.7. The van der Waals surface area contributed by atoms with Crippen LogP contribution in [0.4, 0.5) is 21.6 Å². The second-order valence-electron chi connectivity index (χ2n) is 8.15. The summed E-state index contributed by atoms with van der Waals surface area (Å²) in [4.78, 5) is 24.0. The molecule has 0 spiro atoms. The number of methoxy groups -OCH3 is 1. The summed E-state index contributed by atoms with van der Waals surface area (Å²) < 4.78 is 19.9. The van der Waals surface area contributed by atoms with E-state index in [-0.39, 0.29) is 11.5 Å². The molecule has 2 aliphatic heterocycles. The molecule has 9 heteroatoms. The summed E-state index contributed by atoms with van der Waals surface area (Å²) in [6.07, 6.45) is 3.37. The fourth-order valence-corrected chi connectivity index (χ4v) is 4.33. The molecule has 0 aliphatic carbocycles. The molecule has 2 aromatic heterocycles. The van der Waals surface area contributed by atoms with Crippen LogP contribution in [0.1, 0.15) is 12.5 Å². The van der Waals surface area contributed by atoms with Gasteiger partial charge in [-0.3, -0.25) is 9.78 Å². The monoisotopic (exact) mass is 460 g/mol. The van der Waals surface area contributed by atoms with Crippen LogP contribution in [0.15, 0.2) is 54.5 Å². The smallest absolute Gasteiger partial charge is 0.258 e. The number of ether oxygens (including phenoxy) is 1. The molecule has 0 bridgehead atoms. The van der Waals surface area contributed by atoms with Gasteiger partial charge in [-0.05, 0) is 37.3 Å². The van der Waals surface area contributed by atoms with Crippen LogP contribution < -0.4 is 25.6 Å². The lowest BCUT2D eigenvalue weighted by atomic mass is 10.0. The van der Waals surface area contributed by atoms with Crippen molar-refractivity contribution in [2.45, 2.75) is 6.92 Å². The molecule has 0 unspecified atom stereocenters. The van der Waals surface area contributed by atoms with Crippen LogP contribution in [0.25, 0.3) is 16.8 Å². The number of benzene rings is 1. The molecular formula is C25H25FN6O2. The Morgan fingerprint density at radius 3 is 2.71 bits per heavy atom. The number of allylic oxidation sites excluding steroid dienone is 1. The Morgan fingerprint density at radius 1 is 1.15 bits per heavy atom. The Bertz CT molecular complexity index is 1270. The molecule has 4 heterocycles. The van der Waals surface area contributed by atoms with E-state index >= 15 is 0 Å². The van der Waals surface area contributed by atoms with E-state index in [1.54, 1.807) is 18.2 Å². The van der Waals surface area contributed by atoms with E-state index in [4.69, 9.17) is 4.74 Å². The Kier molecular flexibility index (Phi) is 5.85. The second kappa shape index (κ2) is 9.11. The number of rotatable bonds is 5. The molecule has 174 valence electrons. The first-order chi connectivity index (χ1) is 16.5. The number of pyridine rings is 2. The summed E-state index contributed by atoms with van der Waals surface area (Å²) >= 11 is 0. The van der Waals surface area contributed by atoms with E-state index in [0.29, 0.717) is 39.8 Å². The lowest BCUT2D eigenvalue weighted by Gasteiger charge is -2.29. The molecule has 1 aromatic carbocycles. The minimum Gasteiger partial charge on any atom is -0.496 e. The molecule has 1 saturated heterocycles. The number of carbonyl (C=O) groups excluding carboxylic acids is 1. The van der Waals surface area contributed by atoms with Gasteiger partial charge in [-0.15, -0.1) is 0 Å². The van der Waals surface area contributed by atoms with Crippen LogP contribution >= 0.6 is 0 Å². The summed E-state index contributed by atoms with van der Waals surface area (Å²) in [7, 11) is 1.48. The standard InChI is InChI=1S/C25H25FN6O2/c1-15(30-22-7-6-16(13-29-22)32-10-8-27-9-11-32)23-17-12-19(28-14-20(17)31-25(23)33)24-18(26)4-3-5-21(24)34-2/h3-7,12-14,27H,8-11H2,1-2H3,(H,29,30)(H,31,33)/b23-15-. The minimum absolute atomic E-state index is 0.252. The zero-order valence-electron chi connectivity index (χ0n) is 19.0. The quantitative estimate of drug-likeness (QED) is 0.502. The van der Waals surface area contributed by atoms with Crippen LogP contribution in [-0.2, 0) is 4.79 Å². The van der Waals surface area contributed by atoms with Crippen molar-refractivity contribution < 1.29 is 13.9 Å². The summed E-state index contributed by atoms with van der Waals surface area (Å²) in [5.41, 5.74) is 4.01. The largest absolute Gasteiger partial charge is 0.496 e. The third-order valence-corrected chi connectivity index (χ3v) is 6.02. The second-order valence-corrected chi connectivity index (χ2v) is 8.15. The van der Waals surface area contributed by atoms with E-state index < -0.39 is 5.82 Å². The zero-order valence-corrected chi connectivity index (χ0v) is 19.0. The molecule has 0 radical (unpaired) electrons. The van der Waals surface area contributed by atoms with Crippen LogP contribution in [0.5, 0.6) is 5.75 Å². The number of anilines is 3. The summed E-state index contributed by atoms with van der Waals surface area (Å²) in [6, 6.07) is 10.2. The summed E-state index contributed by atoms with van der Waals surface area (Å²) in [6.45, 7) is 5.61. The highest BCUT2D eigenvalue weighted by atomic mass is 19.1. The van der Waals surface area contributed by atoms with Gasteiger partial charge in [-0.1, -0.05) is 6.07 Å². The molecule has 34 heavy (non-hydrogen) atoms. The Labute approximate surface area is 196 Å². The molecule has 8 nitrogen and oxygen atoms in total. The van der Waals surface area contributed by atoms with E-state index in [1.807, 2.05) is 25.3 Å². The molecule has 1 fully saturated rings. The number of nitrogens with zero attached hydrogens (tertiary/aromatic N) is 3. The first-order valence-corrected chi connectivity index (χ1v) is 11.1. The maximum absolute atomic E-state index is 14.6. The van der Waals surface area contributed by atoms with E-state index in [1.165, 1.54) is 19.4 Å². The van der Waals surface area contributed by atoms with Gasteiger partial charge < -0.3 is 25.6 Å². The number of amides is 1. The maximum Gasteiger partial charge on any atom is 0.258 e. The number of nitrogens with one attached hydrogen (secondary N) is 3. The van der Waals surface area contributed by atoms with E-state index in [2.05, 4.69) is 30.8 Å². The molecule has 1 amide bonds. The van der Waals surface area contributed by atoms with Crippen LogP contribution in [-0.4, -0.2) is 49.2 Å². The Hall–Kier alpha value is -3.98. The average molecular weight is 461 g/mol. The fraction of sp³-hybridized carbons (Fsp3) is 0.240. The first-order valence-electron chi connectivity index (χ1n) is 11.1. The number of hydrogen-bond acceptors (Lipinski definition) is 7. The highest BCUT2D eigenvalue weighted by Gasteiger charge is 2.28. The molecule has 0 atom stereocenters. The normalized spacial score (nSPS) is 16.7. The Morgan fingerprint density at radius 2 is 1.97 bits per heavy atom. The predicted octanol–water partition coefficient (Wildman–Crippen LogP) is 3.50. The summed E-state index contributed by atoms with van der Waals surface area (Å²) in [5.74, 6) is 0.309. The van der Waals surface area contributed by atoms with Gasteiger partial charge in [0.05, 0.1) is 47.7 Å². The molecule has 3 N–H and O–H groups in total. The van der Waals surface area contributed by atoms with Crippen molar-refractivity contribution >= 4 is 28.7 Å². The molecule has 5 rings (SSSR count). The van der Waals surface area contributed by atoms with E-state index in [0.717, 1.165) is 31.9 Å². The van der Waals surface area contributed by atoms with Gasteiger partial charge in [-0.25, -0.2) is 9.37 Å². The topological polar surface area (TPSA) is 91.4 Å². The van der Waals surface area contributed by atoms with Gasteiger partial charge in [0.1, 0.15) is 17.4 Å². The number of fused-ring (bicyclic) bond motifs is 1. The van der Waals surface area contributed by atoms with Crippen molar-refractivity contribution in [2.75, 3.05) is 48.8 Å². The average Bonchev–Trinajstić information content (AvgIpc) is 3.19. The molecule has 2 aliphatic rings. The first kappa shape index (κ1) is 21.8. The molecule has 0 saturated carbocycles. The number of piperazine rings is 1. The summed E-state index contributed by atoms with van der Waals surface area (Å²) in [5, 5.41) is 9.41. The molecule has 3 aromatic rings. The lowest BCUT2D eigenvalue weighted by molar-refractivity contribution is -0.110. The Balaban J connectivity index is 1.45. The third kappa shape index (κ3) is 4.06. The van der Waals surface area contributed by atoms with Gasteiger partial charge in [0.25, 0.3) is 5.91 Å². The van der Waals surface area contributed by atoms with Gasteiger partial charge in [0.2, 0.25) is 0 Å². The predicted molar refractivity (Wildman–Crippen MR) is 130 cm³/mol. The van der Waals surface area contributed by atoms with Crippen LogP contribution in [0, 0.1) is 5.82 Å². The maximum atomic E-state index is 14.6. The van der Waals surface area contributed by atoms with E-state index in [9.17, 15) is 9.18 Å². The number of aromatic nitrogens is 2. The highest BCUT2D eigenvalue weighted by molar-refractivity contribution is 6.32. The van der Waals surface area contributed by atoms with Crippen molar-refractivity contribution in [3.8, 4) is 17.0 Å². The van der Waals surface area contributed by atoms with Gasteiger partial charge in [-0.2, -0.15) is 0 Å². The number of hydrogen-bond donors (Lipinski definition) is 3. The third-order valence-electron chi connectivity index (χ3n) is 6.02. The van der Waals surface area contributed by atoms with Gasteiger partial charge in [0, 0.05) is 37.4 Å². The van der Waals surface area contributed by atoms with Crippen molar-refractivity contribution in [3.63, 3.8) is 0 Å². The number of halogens is 1. The highest BCUT2D eigenvalue weighted by Crippen LogP contribution is 2.38. The SMILES string of the molecule is COc1cccc(F)c1-c1cc2c(cn1)NC(=O)/C2=C(/C)Nc1ccc(N2CCNCC2)cn1. The van der Waals surface area contributed by atoms with Crippen molar-refractivity contribution in [1.82, 2.24) is 15.3 Å². The van der Waals surface area contributed by atoms with Gasteiger partial charge >= 0.3 is 0 Å². The molecular weight excluding hydrogens is 435 g/mol. The van der Waals surface area contributed by atoms with Gasteiger partial charge in [0.15, 0.2) is 0 Å². The minimum atomic E-state index is -0.446. The van der Waals surface area contributed by atoms with Crippen LogP contribution in [0.2, 0.25) is 0 Å². The van der Waals surface area contributed by atoms with Crippen molar-refractivity contribution in [1.29, 1.82) is 0 Å². The van der Waals surface area contributed by atoms with Crippen molar-refractivity contribution in [3.05, 3.63) is 65.9 Å². The van der Waals surface area contributed by atoms with Crippen molar-refractivity contribution in [2.24, 2.45) is 0 Å². The fourth-order valence-electron chi connectivity index (χ4n) is 4.33. The number of carbonyl (C=O) groups is 1. The lowest BCUT2D eigenvalue weighted by Crippen LogP contribution is -2.43. The van der Waals surface area contributed by atoms with Crippen LogP contribution in [0.3, 0.4) is 0 Å².